The molecule has 0 radical (unpaired) electrons. The van der Waals surface area contributed by atoms with Gasteiger partial charge in [-0.25, -0.2) is 4.99 Å². The maximum Gasteiger partial charge on any atom is 0.191 e. The van der Waals surface area contributed by atoms with Crippen LogP contribution >= 0.6 is 24.0 Å². The predicted molar refractivity (Wildman–Crippen MR) is 122 cm³/mol. The molecule has 1 atom stereocenters. The van der Waals surface area contributed by atoms with Crippen LogP contribution in [0.1, 0.15) is 31.4 Å². The summed E-state index contributed by atoms with van der Waals surface area (Å²) in [5.74, 6) is 1.71. The van der Waals surface area contributed by atoms with Crippen LogP contribution < -0.4 is 15.4 Å². The third-order valence-corrected chi connectivity index (χ3v) is 3.80. The van der Waals surface area contributed by atoms with Crippen molar-refractivity contribution in [1.29, 1.82) is 0 Å². The van der Waals surface area contributed by atoms with E-state index < -0.39 is 0 Å². The minimum Gasteiger partial charge on any atom is -0.489 e. The molecule has 2 rings (SSSR count). The van der Waals surface area contributed by atoms with E-state index in [-0.39, 0.29) is 30.1 Å². The smallest absolute Gasteiger partial charge is 0.191 e. The second kappa shape index (κ2) is 12.6. The summed E-state index contributed by atoms with van der Waals surface area (Å²) in [6, 6.07) is 8.09. The van der Waals surface area contributed by atoms with Crippen molar-refractivity contribution in [2.75, 3.05) is 19.6 Å². The normalized spacial score (nSPS) is 12.2. The zero-order valence-electron chi connectivity index (χ0n) is 16.7. The topological polar surface area (TPSA) is 63.5 Å². The Kier molecular flexibility index (Phi) is 10.8. The Morgan fingerprint density at radius 2 is 2.07 bits per heavy atom. The second-order valence-electron chi connectivity index (χ2n) is 6.53. The van der Waals surface area contributed by atoms with Crippen molar-refractivity contribution in [3.8, 4) is 5.75 Å². The molecule has 0 bridgehead atoms. The first kappa shape index (κ1) is 23.3. The average Bonchev–Trinajstić information content (AvgIpc) is 3.01. The standard InChI is InChI=1S/C20H31N5O.HI/c1-5-21-20(22-10-7-11-25-15-17(3)13-24-25)23-14-18(4)26-19-9-6-8-16(2)12-19;/h6,8-9,12-13,15,18H,5,7,10-11,14H2,1-4H3,(H2,21,22,23);1H. The third kappa shape index (κ3) is 9.12. The third-order valence-electron chi connectivity index (χ3n) is 3.80. The molecule has 1 aromatic heterocycles. The zero-order chi connectivity index (χ0) is 18.8. The number of guanidine groups is 1. The van der Waals surface area contributed by atoms with Crippen molar-refractivity contribution in [3.63, 3.8) is 0 Å². The van der Waals surface area contributed by atoms with Gasteiger partial charge in [0.15, 0.2) is 5.96 Å². The summed E-state index contributed by atoms with van der Waals surface area (Å²) in [4.78, 5) is 4.63. The fourth-order valence-electron chi connectivity index (χ4n) is 2.56. The summed E-state index contributed by atoms with van der Waals surface area (Å²) in [5.41, 5.74) is 2.39. The van der Waals surface area contributed by atoms with Crippen molar-refractivity contribution in [2.45, 2.75) is 46.8 Å². The van der Waals surface area contributed by atoms with E-state index in [0.717, 1.165) is 37.8 Å². The van der Waals surface area contributed by atoms with Gasteiger partial charge in [-0.1, -0.05) is 12.1 Å². The maximum absolute atomic E-state index is 5.94. The van der Waals surface area contributed by atoms with E-state index >= 15 is 0 Å². The van der Waals surface area contributed by atoms with Gasteiger partial charge < -0.3 is 15.4 Å². The van der Waals surface area contributed by atoms with Crippen LogP contribution in [0.3, 0.4) is 0 Å². The first-order chi connectivity index (χ1) is 12.6. The first-order valence-corrected chi connectivity index (χ1v) is 9.31. The van der Waals surface area contributed by atoms with Crippen LogP contribution in [0, 0.1) is 13.8 Å². The molecule has 1 heterocycles. The molecular formula is C20H32IN5O. The van der Waals surface area contributed by atoms with Crippen molar-refractivity contribution in [1.82, 2.24) is 20.4 Å². The SMILES string of the molecule is CCNC(=NCC(C)Oc1cccc(C)c1)NCCCn1cc(C)cn1.I. The molecule has 0 aliphatic heterocycles. The molecule has 0 aliphatic rings. The van der Waals surface area contributed by atoms with Gasteiger partial charge in [0.05, 0.1) is 12.7 Å². The van der Waals surface area contributed by atoms with Gasteiger partial charge in [0.1, 0.15) is 11.9 Å². The summed E-state index contributed by atoms with van der Waals surface area (Å²) >= 11 is 0. The molecule has 6 nitrogen and oxygen atoms in total. The Balaban J connectivity index is 0.00000364. The monoisotopic (exact) mass is 485 g/mol. The van der Waals surface area contributed by atoms with E-state index in [1.807, 2.05) is 36.0 Å². The Hall–Kier alpha value is -1.77. The Morgan fingerprint density at radius 3 is 2.74 bits per heavy atom. The molecule has 27 heavy (non-hydrogen) atoms. The number of ether oxygens (including phenoxy) is 1. The summed E-state index contributed by atoms with van der Waals surface area (Å²) in [6.07, 6.45) is 4.94. The largest absolute Gasteiger partial charge is 0.489 e. The second-order valence-corrected chi connectivity index (χ2v) is 6.53. The lowest BCUT2D eigenvalue weighted by atomic mass is 10.2. The van der Waals surface area contributed by atoms with E-state index in [9.17, 15) is 0 Å². The van der Waals surface area contributed by atoms with Crippen molar-refractivity contribution >= 4 is 29.9 Å². The molecule has 1 aromatic carbocycles. The number of hydrogen-bond donors (Lipinski definition) is 2. The summed E-state index contributed by atoms with van der Waals surface area (Å²) in [5, 5.41) is 10.9. The number of aromatic nitrogens is 2. The Morgan fingerprint density at radius 1 is 1.26 bits per heavy atom. The maximum atomic E-state index is 5.94. The number of hydrogen-bond acceptors (Lipinski definition) is 3. The molecule has 2 N–H and O–H groups in total. The van der Waals surface area contributed by atoms with Gasteiger partial charge in [-0.2, -0.15) is 5.10 Å². The van der Waals surface area contributed by atoms with Crippen LogP contribution in [0.2, 0.25) is 0 Å². The van der Waals surface area contributed by atoms with E-state index in [1.54, 1.807) is 0 Å². The van der Waals surface area contributed by atoms with Gasteiger partial charge in [-0.15, -0.1) is 24.0 Å². The van der Waals surface area contributed by atoms with Crippen LogP contribution in [-0.2, 0) is 6.54 Å². The fourth-order valence-corrected chi connectivity index (χ4v) is 2.56. The van der Waals surface area contributed by atoms with Crippen LogP contribution in [0.15, 0.2) is 41.7 Å². The molecule has 0 saturated carbocycles. The minimum atomic E-state index is 0. The average molecular weight is 485 g/mol. The zero-order valence-corrected chi connectivity index (χ0v) is 19.1. The highest BCUT2D eigenvalue weighted by Crippen LogP contribution is 2.14. The van der Waals surface area contributed by atoms with Crippen molar-refractivity contribution < 1.29 is 4.74 Å². The molecule has 0 aliphatic carbocycles. The number of aryl methyl sites for hydroxylation is 3. The highest BCUT2D eigenvalue weighted by molar-refractivity contribution is 14.0. The Bertz CT molecular complexity index is 701. The quantitative estimate of drug-likeness (QED) is 0.247. The predicted octanol–water partition coefficient (Wildman–Crippen LogP) is 3.53. The molecule has 0 fully saturated rings. The highest BCUT2D eigenvalue weighted by atomic mass is 127. The fraction of sp³-hybridized carbons (Fsp3) is 0.500. The van der Waals surface area contributed by atoms with Crippen LogP contribution in [0.25, 0.3) is 0 Å². The number of aliphatic imine (C=N–C) groups is 1. The lowest BCUT2D eigenvalue weighted by Gasteiger charge is -2.15. The van der Waals surface area contributed by atoms with E-state index in [0.29, 0.717) is 6.54 Å². The lowest BCUT2D eigenvalue weighted by molar-refractivity contribution is 0.230. The lowest BCUT2D eigenvalue weighted by Crippen LogP contribution is -2.38. The van der Waals surface area contributed by atoms with Crippen LogP contribution in [0.5, 0.6) is 5.75 Å². The summed E-state index contributed by atoms with van der Waals surface area (Å²) in [7, 11) is 0. The molecular weight excluding hydrogens is 453 g/mol. The highest BCUT2D eigenvalue weighted by Gasteiger charge is 2.05. The molecule has 1 unspecified atom stereocenters. The number of nitrogens with zero attached hydrogens (tertiary/aromatic N) is 3. The number of rotatable bonds is 9. The molecule has 150 valence electrons. The molecule has 0 saturated heterocycles. The van der Waals surface area contributed by atoms with Crippen LogP contribution in [0.4, 0.5) is 0 Å². The summed E-state index contributed by atoms with van der Waals surface area (Å²) in [6.45, 7) is 11.4. The van der Waals surface area contributed by atoms with Gasteiger partial charge in [0.2, 0.25) is 0 Å². The van der Waals surface area contributed by atoms with Gasteiger partial charge in [-0.05, 0) is 57.4 Å². The molecule has 2 aromatic rings. The molecule has 7 heteroatoms. The first-order valence-electron chi connectivity index (χ1n) is 9.31. The number of halogens is 1. The van der Waals surface area contributed by atoms with E-state index in [1.165, 1.54) is 11.1 Å². The Labute approximate surface area is 179 Å². The van der Waals surface area contributed by atoms with Crippen LogP contribution in [-0.4, -0.2) is 41.5 Å². The molecule has 0 spiro atoms. The number of nitrogens with one attached hydrogen (secondary N) is 2. The molecule has 0 amide bonds. The van der Waals surface area contributed by atoms with Gasteiger partial charge in [0.25, 0.3) is 0 Å². The van der Waals surface area contributed by atoms with Crippen molar-refractivity contribution in [3.05, 3.63) is 47.8 Å². The van der Waals surface area contributed by atoms with Gasteiger partial charge >= 0.3 is 0 Å². The van der Waals surface area contributed by atoms with Gasteiger partial charge in [-0.3, -0.25) is 4.68 Å². The van der Waals surface area contributed by atoms with Gasteiger partial charge in [0, 0.05) is 25.8 Å². The summed E-state index contributed by atoms with van der Waals surface area (Å²) < 4.78 is 7.91. The van der Waals surface area contributed by atoms with Crippen molar-refractivity contribution in [2.24, 2.45) is 4.99 Å². The van der Waals surface area contributed by atoms with E-state index in [4.69, 9.17) is 4.74 Å². The number of benzene rings is 1. The van der Waals surface area contributed by atoms with E-state index in [2.05, 4.69) is 53.8 Å². The minimum absolute atomic E-state index is 0.